The molecule has 6 nitrogen and oxygen atoms in total. The summed E-state index contributed by atoms with van der Waals surface area (Å²) in [5.41, 5.74) is 9.12. The highest BCUT2D eigenvalue weighted by Crippen LogP contribution is 2.48. The molecule has 0 bridgehead atoms. The predicted octanol–water partition coefficient (Wildman–Crippen LogP) is 4.47. The van der Waals surface area contributed by atoms with Gasteiger partial charge >= 0.3 is 0 Å². The average Bonchev–Trinajstić information content (AvgIpc) is 3.00. The molecule has 2 aliphatic heterocycles. The highest BCUT2D eigenvalue weighted by molar-refractivity contribution is 6.30. The molecule has 1 spiro atoms. The Bertz CT molecular complexity index is 1030. The van der Waals surface area contributed by atoms with Gasteiger partial charge in [-0.1, -0.05) is 41.4 Å². The van der Waals surface area contributed by atoms with Crippen LogP contribution < -0.4 is 10.5 Å². The zero-order valence-electron chi connectivity index (χ0n) is 18.0. The summed E-state index contributed by atoms with van der Waals surface area (Å²) in [6.07, 6.45) is 3.01. The summed E-state index contributed by atoms with van der Waals surface area (Å²) < 4.78 is 6.43. The smallest absolute Gasteiger partial charge is 0.221 e. The molecule has 0 fully saturated rings. The number of hydroxylamine groups is 2. The number of nitrogens with zero attached hydrogens (tertiary/aromatic N) is 2. The number of hydrogen-bond donors (Lipinski definition) is 2. The molecular formula is C24H28ClN3O3. The monoisotopic (exact) mass is 441 g/mol. The van der Waals surface area contributed by atoms with Gasteiger partial charge in [-0.2, -0.15) is 0 Å². The Morgan fingerprint density at radius 3 is 2.74 bits per heavy atom. The van der Waals surface area contributed by atoms with Crippen LogP contribution in [0.15, 0.2) is 59.1 Å². The third-order valence-electron chi connectivity index (χ3n) is 5.71. The molecule has 0 saturated heterocycles. The molecule has 0 aromatic heterocycles. The molecule has 0 radical (unpaired) electrons. The minimum Gasteiger partial charge on any atom is -0.489 e. The maximum Gasteiger partial charge on any atom is 0.221 e. The fourth-order valence-electron chi connectivity index (χ4n) is 4.31. The molecule has 0 aliphatic carbocycles. The first-order valence-corrected chi connectivity index (χ1v) is 10.8. The summed E-state index contributed by atoms with van der Waals surface area (Å²) in [6, 6.07) is 13.7. The van der Waals surface area contributed by atoms with Crippen LogP contribution in [0.25, 0.3) is 11.1 Å². The van der Waals surface area contributed by atoms with E-state index in [-0.39, 0.29) is 18.6 Å². The summed E-state index contributed by atoms with van der Waals surface area (Å²) in [4.78, 5) is 11.0. The van der Waals surface area contributed by atoms with E-state index in [9.17, 15) is 5.11 Å². The number of allylic oxidation sites excluding steroid dienone is 1. The Labute approximate surface area is 187 Å². The Balaban J connectivity index is 1.80. The van der Waals surface area contributed by atoms with Gasteiger partial charge in [-0.25, -0.2) is 14.9 Å². The van der Waals surface area contributed by atoms with E-state index in [1.165, 1.54) is 10.6 Å². The summed E-state index contributed by atoms with van der Waals surface area (Å²) in [5, 5.41) is 11.8. The molecule has 31 heavy (non-hydrogen) atoms. The van der Waals surface area contributed by atoms with Crippen molar-refractivity contribution >= 4 is 17.6 Å². The third-order valence-corrected chi connectivity index (χ3v) is 5.94. The molecule has 2 aliphatic rings. The van der Waals surface area contributed by atoms with Gasteiger partial charge in [-0.05, 0) is 55.7 Å². The lowest BCUT2D eigenvalue weighted by molar-refractivity contribution is -0.193. The summed E-state index contributed by atoms with van der Waals surface area (Å²) in [5.74, 6) is 1.05. The first-order valence-electron chi connectivity index (χ1n) is 10.4. The van der Waals surface area contributed by atoms with Crippen LogP contribution in [0.4, 0.5) is 0 Å². The normalized spacial score (nSPS) is 23.2. The Morgan fingerprint density at radius 2 is 2.10 bits per heavy atom. The predicted molar refractivity (Wildman–Crippen MR) is 123 cm³/mol. The van der Waals surface area contributed by atoms with E-state index < -0.39 is 5.72 Å². The number of halogens is 1. The Morgan fingerprint density at radius 1 is 1.32 bits per heavy atom. The number of ether oxygens (including phenoxy) is 1. The van der Waals surface area contributed by atoms with E-state index in [1.54, 1.807) is 7.05 Å². The molecule has 3 N–H and O–H groups in total. The van der Waals surface area contributed by atoms with Crippen molar-refractivity contribution in [2.75, 3.05) is 13.7 Å². The van der Waals surface area contributed by atoms with Crippen molar-refractivity contribution in [1.29, 1.82) is 0 Å². The van der Waals surface area contributed by atoms with Crippen molar-refractivity contribution in [2.24, 2.45) is 16.6 Å². The van der Waals surface area contributed by atoms with E-state index in [1.807, 2.05) is 56.3 Å². The van der Waals surface area contributed by atoms with Crippen LogP contribution in [0.5, 0.6) is 5.75 Å². The molecule has 2 aromatic carbocycles. The van der Waals surface area contributed by atoms with Crippen LogP contribution in [-0.4, -0.2) is 35.9 Å². The minimum absolute atomic E-state index is 0.0264. The van der Waals surface area contributed by atoms with Gasteiger partial charge in [-0.15, -0.1) is 0 Å². The lowest BCUT2D eigenvalue weighted by Gasteiger charge is -2.39. The van der Waals surface area contributed by atoms with E-state index in [0.717, 1.165) is 16.7 Å². The van der Waals surface area contributed by atoms with Gasteiger partial charge in [0, 0.05) is 31.0 Å². The highest BCUT2D eigenvalue weighted by atomic mass is 35.5. The van der Waals surface area contributed by atoms with E-state index in [2.05, 4.69) is 6.08 Å². The van der Waals surface area contributed by atoms with Crippen molar-refractivity contribution in [3.63, 3.8) is 0 Å². The highest BCUT2D eigenvalue weighted by Gasteiger charge is 2.49. The van der Waals surface area contributed by atoms with Gasteiger partial charge in [0.15, 0.2) is 0 Å². The van der Waals surface area contributed by atoms with Crippen LogP contribution in [0, 0.1) is 5.92 Å². The van der Waals surface area contributed by atoms with Gasteiger partial charge in [0.25, 0.3) is 0 Å². The average molecular weight is 442 g/mol. The lowest BCUT2D eigenvalue weighted by atomic mass is 9.84. The fourth-order valence-corrected chi connectivity index (χ4v) is 4.50. The van der Waals surface area contributed by atoms with Gasteiger partial charge in [0.2, 0.25) is 11.7 Å². The van der Waals surface area contributed by atoms with Crippen LogP contribution in [0.2, 0.25) is 5.02 Å². The summed E-state index contributed by atoms with van der Waals surface area (Å²) in [7, 11) is 1.75. The number of guanidine groups is 1. The molecule has 7 heteroatoms. The fraction of sp³-hybridized carbons (Fsp3) is 0.375. The molecule has 4 rings (SSSR count). The zero-order chi connectivity index (χ0) is 22.2. The van der Waals surface area contributed by atoms with Gasteiger partial charge in [0.05, 0.1) is 5.56 Å². The Hall–Kier alpha value is -2.54. The van der Waals surface area contributed by atoms with Crippen LogP contribution in [0.1, 0.15) is 32.3 Å². The number of aliphatic imine (C=N–C) groups is 1. The van der Waals surface area contributed by atoms with Crippen molar-refractivity contribution in [2.45, 2.75) is 38.5 Å². The van der Waals surface area contributed by atoms with Crippen molar-refractivity contribution in [1.82, 2.24) is 5.06 Å². The molecule has 2 heterocycles. The Kier molecular flexibility index (Phi) is 5.97. The number of fused-ring (bicyclic) bond motifs is 2. The molecular weight excluding hydrogens is 414 g/mol. The number of aliphatic hydroxyl groups excluding tert-OH is 1. The number of rotatable bonds is 5. The second kappa shape index (κ2) is 8.54. The number of hydrogen-bond acceptors (Lipinski definition) is 6. The van der Waals surface area contributed by atoms with E-state index in [4.69, 9.17) is 31.9 Å². The maximum atomic E-state index is 9.62. The van der Waals surface area contributed by atoms with Gasteiger partial charge in [-0.3, -0.25) is 0 Å². The maximum absolute atomic E-state index is 9.62. The van der Waals surface area contributed by atoms with Crippen LogP contribution in [0.3, 0.4) is 0 Å². The molecule has 3 atom stereocenters. The van der Waals surface area contributed by atoms with Crippen molar-refractivity contribution < 1.29 is 14.7 Å². The number of nitrogens with two attached hydrogens (primary N) is 1. The largest absolute Gasteiger partial charge is 0.489 e. The van der Waals surface area contributed by atoms with Crippen molar-refractivity contribution in [3.05, 3.63) is 64.7 Å². The van der Waals surface area contributed by atoms with Gasteiger partial charge in [0.1, 0.15) is 11.9 Å². The third kappa shape index (κ3) is 4.28. The van der Waals surface area contributed by atoms with Crippen LogP contribution in [-0.2, 0) is 10.6 Å². The molecule has 3 unspecified atom stereocenters. The number of benzene rings is 2. The summed E-state index contributed by atoms with van der Waals surface area (Å²) >= 11 is 6.20. The van der Waals surface area contributed by atoms with E-state index >= 15 is 0 Å². The molecule has 2 aromatic rings. The summed E-state index contributed by atoms with van der Waals surface area (Å²) in [6.45, 7) is 4.17. The van der Waals surface area contributed by atoms with Crippen LogP contribution >= 0.6 is 11.6 Å². The van der Waals surface area contributed by atoms with Crippen molar-refractivity contribution in [3.8, 4) is 16.9 Å². The van der Waals surface area contributed by atoms with E-state index in [0.29, 0.717) is 29.6 Å². The molecule has 0 saturated carbocycles. The zero-order valence-corrected chi connectivity index (χ0v) is 18.8. The lowest BCUT2D eigenvalue weighted by Crippen LogP contribution is -2.42. The standard InChI is InChI=1S/C24H28ClN3O3/c1-15(2)11-18(9-10-29)22-14-24(27-23(26)28(3)31-24)20-13-17(7-8-21(20)30-22)16-5-4-6-19(25)12-16/h4-8,11-13,18,22,29H,9-10,14H2,1-3H3,(H2,26,27). The second-order valence-corrected chi connectivity index (χ2v) is 8.78. The van der Waals surface area contributed by atoms with Gasteiger partial charge < -0.3 is 15.6 Å². The SMILES string of the molecule is CC(C)=CC(CCO)C1CC2(N=C(N)N(C)O2)c2cc(-c3cccc(Cl)c3)ccc2O1. The topological polar surface area (TPSA) is 80.3 Å². The first-order chi connectivity index (χ1) is 14.8. The first kappa shape index (κ1) is 21.7. The minimum atomic E-state index is -0.977. The molecule has 164 valence electrons. The molecule has 0 amide bonds. The quantitative estimate of drug-likeness (QED) is 0.669. The number of aliphatic hydroxyl groups is 1. The second-order valence-electron chi connectivity index (χ2n) is 8.35.